The van der Waals surface area contributed by atoms with Crippen LogP contribution < -0.4 is 15.0 Å². The van der Waals surface area contributed by atoms with E-state index in [0.717, 1.165) is 17.0 Å². The fraction of sp³-hybridized carbons (Fsp3) is 0.300. The second-order valence-electron chi connectivity index (χ2n) is 5.93. The Bertz CT molecular complexity index is 746. The molecule has 1 aliphatic rings. The molecule has 2 aromatic rings. The summed E-state index contributed by atoms with van der Waals surface area (Å²) in [6, 6.07) is 17.1. The van der Waals surface area contributed by atoms with Gasteiger partial charge in [0.05, 0.1) is 6.61 Å². The van der Waals surface area contributed by atoms with Crippen LogP contribution in [0.3, 0.4) is 0 Å². The maximum absolute atomic E-state index is 12.6. The Morgan fingerprint density at radius 2 is 1.88 bits per heavy atom. The van der Waals surface area contributed by atoms with E-state index in [1.54, 1.807) is 4.90 Å². The van der Waals surface area contributed by atoms with Crippen LogP contribution >= 0.6 is 0 Å². The van der Waals surface area contributed by atoms with Gasteiger partial charge in [-0.3, -0.25) is 9.59 Å². The van der Waals surface area contributed by atoms with Crippen molar-refractivity contribution in [3.8, 4) is 5.75 Å². The van der Waals surface area contributed by atoms with Gasteiger partial charge in [-0.05, 0) is 31.5 Å². The van der Waals surface area contributed by atoms with Gasteiger partial charge in [-0.25, -0.2) is 0 Å². The molecule has 5 nitrogen and oxygen atoms in total. The number of carbonyl (C=O) groups excluding carboxylic acids is 2. The van der Waals surface area contributed by atoms with E-state index in [4.69, 9.17) is 4.74 Å². The van der Waals surface area contributed by atoms with Crippen molar-refractivity contribution in [2.75, 3.05) is 18.1 Å². The van der Waals surface area contributed by atoms with E-state index in [-0.39, 0.29) is 11.8 Å². The minimum atomic E-state index is -0.625. The number of amides is 2. The molecule has 0 aliphatic carbocycles. The Kier molecular flexibility index (Phi) is 5.33. The van der Waals surface area contributed by atoms with Crippen LogP contribution in [0.5, 0.6) is 5.75 Å². The molecule has 1 fully saturated rings. The topological polar surface area (TPSA) is 58.6 Å². The molecule has 2 aromatic carbocycles. The number of hydrogen-bond donors (Lipinski definition) is 1. The van der Waals surface area contributed by atoms with Gasteiger partial charge >= 0.3 is 0 Å². The number of ether oxygens (including phenoxy) is 1. The molecule has 1 unspecified atom stereocenters. The van der Waals surface area contributed by atoms with E-state index in [2.05, 4.69) is 5.32 Å². The van der Waals surface area contributed by atoms with E-state index in [1.807, 2.05) is 61.5 Å². The third kappa shape index (κ3) is 3.82. The van der Waals surface area contributed by atoms with Crippen molar-refractivity contribution in [3.63, 3.8) is 0 Å². The molecule has 0 bridgehead atoms. The fourth-order valence-corrected chi connectivity index (χ4v) is 3.04. The van der Waals surface area contributed by atoms with Gasteiger partial charge in [0.2, 0.25) is 11.8 Å². The van der Waals surface area contributed by atoms with Crippen LogP contribution in [-0.2, 0) is 16.1 Å². The zero-order valence-corrected chi connectivity index (χ0v) is 14.3. The first kappa shape index (κ1) is 17.0. The third-order valence-corrected chi connectivity index (χ3v) is 4.32. The second-order valence-corrected chi connectivity index (χ2v) is 5.93. The lowest BCUT2D eigenvalue weighted by molar-refractivity contribution is -0.132. The standard InChI is InChI=1S/C20H22N2O3/c1-2-25-18-11-7-6-8-15(18)14-21-19(23)17-12-13-22(20(17)24)16-9-4-3-5-10-16/h3-11,17H,2,12-14H2,1H3,(H,21,23). The first-order valence-electron chi connectivity index (χ1n) is 8.55. The normalized spacial score (nSPS) is 16.8. The van der Waals surface area contributed by atoms with Crippen molar-refractivity contribution < 1.29 is 14.3 Å². The fourth-order valence-electron chi connectivity index (χ4n) is 3.04. The molecule has 1 atom stereocenters. The minimum absolute atomic E-state index is 0.137. The summed E-state index contributed by atoms with van der Waals surface area (Å²) in [7, 11) is 0. The number of rotatable bonds is 6. The molecule has 5 heteroatoms. The summed E-state index contributed by atoms with van der Waals surface area (Å²) in [4.78, 5) is 26.7. The number of benzene rings is 2. The maximum atomic E-state index is 12.6. The van der Waals surface area contributed by atoms with E-state index in [0.29, 0.717) is 26.1 Å². The molecule has 0 radical (unpaired) electrons. The van der Waals surface area contributed by atoms with Gasteiger partial charge in [0.25, 0.3) is 0 Å². The van der Waals surface area contributed by atoms with E-state index in [1.165, 1.54) is 0 Å². The van der Waals surface area contributed by atoms with E-state index in [9.17, 15) is 9.59 Å². The number of nitrogens with zero attached hydrogens (tertiary/aromatic N) is 1. The smallest absolute Gasteiger partial charge is 0.239 e. The maximum Gasteiger partial charge on any atom is 0.239 e. The lowest BCUT2D eigenvalue weighted by Crippen LogP contribution is -2.36. The molecule has 130 valence electrons. The second kappa shape index (κ2) is 7.83. The summed E-state index contributed by atoms with van der Waals surface area (Å²) in [6.07, 6.45) is 0.534. The van der Waals surface area contributed by atoms with Crippen molar-refractivity contribution in [1.82, 2.24) is 5.32 Å². The molecule has 1 N–H and O–H groups in total. The zero-order chi connectivity index (χ0) is 17.6. The van der Waals surface area contributed by atoms with Gasteiger partial charge in [-0.15, -0.1) is 0 Å². The van der Waals surface area contributed by atoms with Crippen LogP contribution in [0, 0.1) is 5.92 Å². The van der Waals surface area contributed by atoms with Crippen molar-refractivity contribution >= 4 is 17.5 Å². The van der Waals surface area contributed by atoms with Gasteiger partial charge in [0.15, 0.2) is 0 Å². The summed E-state index contributed by atoms with van der Waals surface area (Å²) in [5.74, 6) is -0.232. The van der Waals surface area contributed by atoms with Crippen molar-refractivity contribution in [3.05, 3.63) is 60.2 Å². The largest absolute Gasteiger partial charge is 0.494 e. The van der Waals surface area contributed by atoms with Crippen LogP contribution in [0.1, 0.15) is 18.9 Å². The summed E-state index contributed by atoms with van der Waals surface area (Å²) in [6.45, 7) is 3.41. The van der Waals surface area contributed by atoms with Crippen LogP contribution in [0.15, 0.2) is 54.6 Å². The molecular formula is C20H22N2O3. The van der Waals surface area contributed by atoms with Gasteiger partial charge in [0.1, 0.15) is 11.7 Å². The minimum Gasteiger partial charge on any atom is -0.494 e. The zero-order valence-electron chi connectivity index (χ0n) is 14.3. The van der Waals surface area contributed by atoms with Crippen LogP contribution in [0.2, 0.25) is 0 Å². The molecule has 0 saturated carbocycles. The Balaban J connectivity index is 1.62. The molecular weight excluding hydrogens is 316 g/mol. The monoisotopic (exact) mass is 338 g/mol. The average Bonchev–Trinajstić information content (AvgIpc) is 3.03. The van der Waals surface area contributed by atoms with Crippen molar-refractivity contribution in [2.24, 2.45) is 5.92 Å². The van der Waals surface area contributed by atoms with Crippen LogP contribution in [-0.4, -0.2) is 25.0 Å². The average molecular weight is 338 g/mol. The van der Waals surface area contributed by atoms with Gasteiger partial charge < -0.3 is 15.0 Å². The van der Waals surface area contributed by atoms with E-state index >= 15 is 0 Å². The number of hydrogen-bond acceptors (Lipinski definition) is 3. The molecule has 0 spiro atoms. The Hall–Kier alpha value is -2.82. The molecule has 1 aliphatic heterocycles. The molecule has 1 heterocycles. The molecule has 3 rings (SSSR count). The van der Waals surface area contributed by atoms with Crippen LogP contribution in [0.25, 0.3) is 0 Å². The molecule has 1 saturated heterocycles. The van der Waals surface area contributed by atoms with Gasteiger partial charge in [-0.2, -0.15) is 0 Å². The number of anilines is 1. The third-order valence-electron chi connectivity index (χ3n) is 4.32. The molecule has 25 heavy (non-hydrogen) atoms. The van der Waals surface area contributed by atoms with Crippen molar-refractivity contribution in [1.29, 1.82) is 0 Å². The quantitative estimate of drug-likeness (QED) is 0.824. The van der Waals surface area contributed by atoms with Gasteiger partial charge in [0, 0.05) is 24.3 Å². The van der Waals surface area contributed by atoms with Crippen LogP contribution in [0.4, 0.5) is 5.69 Å². The summed E-state index contributed by atoms with van der Waals surface area (Å²) >= 11 is 0. The Labute approximate surface area is 147 Å². The highest BCUT2D eigenvalue weighted by molar-refractivity contribution is 6.09. The SMILES string of the molecule is CCOc1ccccc1CNC(=O)C1CCN(c2ccccc2)C1=O. The summed E-state index contributed by atoms with van der Waals surface area (Å²) in [5, 5.41) is 2.88. The number of carbonyl (C=O) groups is 2. The predicted octanol–water partition coefficient (Wildman–Crippen LogP) is 2.75. The summed E-state index contributed by atoms with van der Waals surface area (Å²) < 4.78 is 5.56. The van der Waals surface area contributed by atoms with Gasteiger partial charge in [-0.1, -0.05) is 36.4 Å². The highest BCUT2D eigenvalue weighted by Crippen LogP contribution is 2.25. The molecule has 2 amide bonds. The van der Waals surface area contributed by atoms with E-state index < -0.39 is 5.92 Å². The lowest BCUT2D eigenvalue weighted by atomic mass is 10.1. The Morgan fingerprint density at radius 3 is 2.64 bits per heavy atom. The predicted molar refractivity (Wildman–Crippen MR) is 96.4 cm³/mol. The highest BCUT2D eigenvalue weighted by Gasteiger charge is 2.37. The first-order valence-corrected chi connectivity index (χ1v) is 8.55. The van der Waals surface area contributed by atoms with Crippen molar-refractivity contribution in [2.45, 2.75) is 19.9 Å². The highest BCUT2D eigenvalue weighted by atomic mass is 16.5. The Morgan fingerprint density at radius 1 is 1.16 bits per heavy atom. The number of nitrogens with one attached hydrogen (secondary N) is 1. The summed E-state index contributed by atoms with van der Waals surface area (Å²) in [5.41, 5.74) is 1.74. The lowest BCUT2D eigenvalue weighted by Gasteiger charge is -2.17. The number of para-hydroxylation sites is 2. The molecule has 0 aromatic heterocycles. The first-order chi connectivity index (χ1) is 12.2.